The first-order chi connectivity index (χ1) is 20.8. The summed E-state index contributed by atoms with van der Waals surface area (Å²) in [7, 11) is 3.36. The van der Waals surface area contributed by atoms with Gasteiger partial charge in [-0.15, -0.1) is 0 Å². The molecule has 0 aromatic heterocycles. The monoisotopic (exact) mass is 591 g/mol. The van der Waals surface area contributed by atoms with Crippen molar-refractivity contribution in [3.05, 3.63) is 65.7 Å². The molecular weight excluding hydrogens is 546 g/mol. The van der Waals surface area contributed by atoms with Crippen LogP contribution in [0.3, 0.4) is 0 Å². The maximum atomic E-state index is 14.2. The lowest BCUT2D eigenvalue weighted by Gasteiger charge is -2.33. The number of rotatable bonds is 13. The van der Waals surface area contributed by atoms with Crippen molar-refractivity contribution < 1.29 is 23.9 Å². The Hall–Kier alpha value is -3.92. The predicted octanol–water partition coefficient (Wildman–Crippen LogP) is 1.97. The highest BCUT2D eigenvalue weighted by Crippen LogP contribution is 2.35. The zero-order valence-electron chi connectivity index (χ0n) is 25.4. The summed E-state index contributed by atoms with van der Waals surface area (Å²) in [4.78, 5) is 54.5. The minimum atomic E-state index is -0.786. The van der Waals surface area contributed by atoms with Gasteiger partial charge in [-0.2, -0.15) is 0 Å². The number of carbonyl (C=O) groups is 4. The number of amides is 4. The molecule has 0 aliphatic carbocycles. The second kappa shape index (κ2) is 15.5. The smallest absolute Gasteiger partial charge is 0.246 e. The number of ether oxygens (including phenoxy) is 1. The van der Waals surface area contributed by atoms with Crippen molar-refractivity contribution >= 4 is 23.6 Å². The minimum Gasteiger partial charge on any atom is -0.497 e. The van der Waals surface area contributed by atoms with E-state index in [4.69, 9.17) is 4.74 Å². The van der Waals surface area contributed by atoms with E-state index in [0.29, 0.717) is 45.2 Å². The van der Waals surface area contributed by atoms with Crippen LogP contribution in [0.2, 0.25) is 0 Å². The van der Waals surface area contributed by atoms with Gasteiger partial charge in [-0.3, -0.25) is 19.2 Å². The highest BCUT2D eigenvalue weighted by molar-refractivity contribution is 5.94. The Morgan fingerprint density at radius 2 is 1.65 bits per heavy atom. The standard InChI is InChI=1S/C33H45N5O5/c1-22(39)35-20-18-25-11-12-26-13-16-29(32(41)36-19-17-23-9-14-27(43-3)15-10-23)38(26)33(42)30(25)37-31(40)28(34-2)21-24-7-5-4-6-8-24/h4-10,14-15,25-26,28-30,34H,11-13,16-21H2,1-3H3,(H,35,39)(H,36,41)(H,37,40)/t25-,26?,28?,29+,30?/m1/s1. The zero-order chi connectivity index (χ0) is 30.8. The van der Waals surface area contributed by atoms with Crippen molar-refractivity contribution in [2.75, 3.05) is 27.2 Å². The molecule has 3 unspecified atom stereocenters. The van der Waals surface area contributed by atoms with E-state index in [1.807, 2.05) is 54.6 Å². The van der Waals surface area contributed by atoms with Crippen molar-refractivity contribution in [2.45, 2.75) is 76.0 Å². The van der Waals surface area contributed by atoms with Crippen molar-refractivity contribution in [1.82, 2.24) is 26.2 Å². The fraction of sp³-hybridized carbons (Fsp3) is 0.515. The number of benzene rings is 2. The van der Waals surface area contributed by atoms with Gasteiger partial charge >= 0.3 is 0 Å². The summed E-state index contributed by atoms with van der Waals surface area (Å²) in [5.74, 6) is -0.156. The van der Waals surface area contributed by atoms with Crippen LogP contribution in [0.5, 0.6) is 5.75 Å². The molecule has 2 aliphatic heterocycles. The van der Waals surface area contributed by atoms with Crippen molar-refractivity contribution in [3.8, 4) is 5.75 Å². The van der Waals surface area contributed by atoms with Gasteiger partial charge in [0.15, 0.2) is 0 Å². The highest BCUT2D eigenvalue weighted by Gasteiger charge is 2.47. The molecule has 5 atom stereocenters. The van der Waals surface area contributed by atoms with Crippen molar-refractivity contribution in [3.63, 3.8) is 0 Å². The number of likely N-dealkylation sites (N-methyl/N-ethyl adjacent to an activating group) is 1. The second-order valence-electron chi connectivity index (χ2n) is 11.5. The molecule has 2 aliphatic rings. The van der Waals surface area contributed by atoms with Crippen LogP contribution in [-0.2, 0) is 32.0 Å². The van der Waals surface area contributed by atoms with E-state index in [-0.39, 0.29) is 35.6 Å². The van der Waals surface area contributed by atoms with Gasteiger partial charge in [0.25, 0.3) is 0 Å². The average Bonchev–Trinajstić information content (AvgIpc) is 3.40. The molecular formula is C33H45N5O5. The molecule has 2 aromatic rings. The molecule has 0 radical (unpaired) electrons. The summed E-state index contributed by atoms with van der Waals surface area (Å²) >= 11 is 0. The third-order valence-electron chi connectivity index (χ3n) is 8.67. The lowest BCUT2D eigenvalue weighted by Crippen LogP contribution is -2.58. The molecule has 2 fully saturated rings. The molecule has 0 saturated carbocycles. The molecule has 2 heterocycles. The van der Waals surface area contributed by atoms with Gasteiger partial charge in [0.2, 0.25) is 23.6 Å². The summed E-state index contributed by atoms with van der Waals surface area (Å²) < 4.78 is 5.21. The number of hydrogen-bond donors (Lipinski definition) is 4. The quantitative estimate of drug-likeness (QED) is 0.282. The maximum absolute atomic E-state index is 14.2. The van der Waals surface area contributed by atoms with Crippen LogP contribution in [0.15, 0.2) is 54.6 Å². The Morgan fingerprint density at radius 3 is 2.33 bits per heavy atom. The Morgan fingerprint density at radius 1 is 0.930 bits per heavy atom. The molecule has 10 nitrogen and oxygen atoms in total. The first-order valence-electron chi connectivity index (χ1n) is 15.3. The molecule has 4 N–H and O–H groups in total. The fourth-order valence-electron chi connectivity index (χ4n) is 6.29. The van der Waals surface area contributed by atoms with Crippen LogP contribution in [-0.4, -0.2) is 79.9 Å². The topological polar surface area (TPSA) is 129 Å². The van der Waals surface area contributed by atoms with Crippen LogP contribution in [0.1, 0.15) is 50.2 Å². The van der Waals surface area contributed by atoms with Crippen molar-refractivity contribution in [1.29, 1.82) is 0 Å². The van der Waals surface area contributed by atoms with E-state index in [1.54, 1.807) is 19.1 Å². The van der Waals surface area contributed by atoms with Gasteiger partial charge in [0, 0.05) is 26.1 Å². The van der Waals surface area contributed by atoms with Gasteiger partial charge < -0.3 is 30.9 Å². The largest absolute Gasteiger partial charge is 0.497 e. The normalized spacial score (nSPS) is 22.2. The summed E-state index contributed by atoms with van der Waals surface area (Å²) in [6.07, 6.45) is 4.50. The van der Waals surface area contributed by atoms with Crippen LogP contribution in [0, 0.1) is 5.92 Å². The Kier molecular flexibility index (Phi) is 11.6. The van der Waals surface area contributed by atoms with Gasteiger partial charge in [-0.05, 0) is 81.2 Å². The summed E-state index contributed by atoms with van der Waals surface area (Å²) in [6, 6.07) is 15.5. The summed E-state index contributed by atoms with van der Waals surface area (Å²) in [5.41, 5.74) is 2.09. The Balaban J connectivity index is 1.46. The molecule has 0 bridgehead atoms. The van der Waals surface area contributed by atoms with E-state index in [2.05, 4.69) is 21.3 Å². The molecule has 4 rings (SSSR count). The molecule has 43 heavy (non-hydrogen) atoms. The highest BCUT2D eigenvalue weighted by atomic mass is 16.5. The maximum Gasteiger partial charge on any atom is 0.246 e. The van der Waals surface area contributed by atoms with Crippen LogP contribution in [0.25, 0.3) is 0 Å². The van der Waals surface area contributed by atoms with Crippen molar-refractivity contribution in [2.24, 2.45) is 5.92 Å². The molecule has 232 valence electrons. The number of fused-ring (bicyclic) bond motifs is 1. The first-order valence-corrected chi connectivity index (χ1v) is 15.3. The molecule has 2 aromatic carbocycles. The van der Waals surface area contributed by atoms with Gasteiger partial charge in [0.05, 0.1) is 13.2 Å². The Labute approximate surface area is 254 Å². The summed E-state index contributed by atoms with van der Waals surface area (Å²) in [6.45, 7) is 2.34. The SMILES string of the molecule is CNC(Cc1ccccc1)C(=O)NC1C(=O)N2C(CC[C@@H]1CCNC(C)=O)CC[C@H]2C(=O)NCCc1ccc(OC)cc1. The molecule has 2 saturated heterocycles. The number of nitrogens with zero attached hydrogens (tertiary/aromatic N) is 1. The zero-order valence-corrected chi connectivity index (χ0v) is 25.4. The molecule has 0 spiro atoms. The van der Waals surface area contributed by atoms with E-state index in [0.717, 1.165) is 29.7 Å². The van der Waals surface area contributed by atoms with E-state index >= 15 is 0 Å². The van der Waals surface area contributed by atoms with E-state index in [1.165, 1.54) is 6.92 Å². The average molecular weight is 592 g/mol. The summed E-state index contributed by atoms with van der Waals surface area (Å²) in [5, 5.41) is 12.0. The third-order valence-corrected chi connectivity index (χ3v) is 8.67. The fourth-order valence-corrected chi connectivity index (χ4v) is 6.29. The lowest BCUT2D eigenvalue weighted by molar-refractivity contribution is -0.143. The van der Waals surface area contributed by atoms with E-state index in [9.17, 15) is 19.2 Å². The third kappa shape index (κ3) is 8.56. The van der Waals surface area contributed by atoms with Gasteiger partial charge in [-0.1, -0.05) is 42.5 Å². The lowest BCUT2D eigenvalue weighted by atomic mass is 9.90. The number of methoxy groups -OCH3 is 1. The minimum absolute atomic E-state index is 0.0561. The second-order valence-corrected chi connectivity index (χ2v) is 11.5. The first kappa shape index (κ1) is 32.0. The Bertz CT molecular complexity index is 1240. The van der Waals surface area contributed by atoms with E-state index < -0.39 is 18.1 Å². The number of carbonyl (C=O) groups excluding carboxylic acids is 4. The van der Waals surface area contributed by atoms with Gasteiger partial charge in [-0.25, -0.2) is 0 Å². The number of hydrogen-bond acceptors (Lipinski definition) is 6. The number of nitrogens with one attached hydrogen (secondary N) is 4. The van der Waals surface area contributed by atoms with Crippen LogP contribution < -0.4 is 26.0 Å². The van der Waals surface area contributed by atoms with Crippen LogP contribution in [0.4, 0.5) is 0 Å². The predicted molar refractivity (Wildman–Crippen MR) is 164 cm³/mol. The molecule has 4 amide bonds. The van der Waals surface area contributed by atoms with Gasteiger partial charge in [0.1, 0.15) is 17.8 Å². The molecule has 10 heteroatoms. The van der Waals surface area contributed by atoms with Crippen LogP contribution >= 0.6 is 0 Å².